The first kappa shape index (κ1) is 23.5. The SMILES string of the molecule is CC1CCC(C(=O)Oc2ccc(CCc3ccc(OC(=O)C4CCCCC4)cc3)cc2)CC1. The topological polar surface area (TPSA) is 52.6 Å². The average Bonchev–Trinajstić information content (AvgIpc) is 2.85. The van der Waals surface area contributed by atoms with Gasteiger partial charge in [0.15, 0.2) is 0 Å². The monoisotopic (exact) mass is 448 g/mol. The zero-order valence-electron chi connectivity index (χ0n) is 19.8. The molecule has 0 radical (unpaired) electrons. The molecule has 2 saturated carbocycles. The van der Waals surface area contributed by atoms with Crippen molar-refractivity contribution in [1.29, 1.82) is 0 Å². The molecule has 2 aliphatic carbocycles. The second kappa shape index (κ2) is 11.5. The highest BCUT2D eigenvalue weighted by Gasteiger charge is 2.26. The van der Waals surface area contributed by atoms with Crippen molar-refractivity contribution in [3.63, 3.8) is 0 Å². The quantitative estimate of drug-likeness (QED) is 0.350. The van der Waals surface area contributed by atoms with E-state index in [0.717, 1.165) is 70.1 Å². The number of carbonyl (C=O) groups excluding carboxylic acids is 2. The summed E-state index contributed by atoms with van der Waals surface area (Å²) in [6.07, 6.45) is 11.3. The van der Waals surface area contributed by atoms with Crippen LogP contribution in [0.15, 0.2) is 48.5 Å². The van der Waals surface area contributed by atoms with Crippen LogP contribution in [0.2, 0.25) is 0 Å². The summed E-state index contributed by atoms with van der Waals surface area (Å²) in [6, 6.07) is 15.7. The van der Waals surface area contributed by atoms with Gasteiger partial charge in [0.2, 0.25) is 0 Å². The van der Waals surface area contributed by atoms with Crippen LogP contribution in [0.25, 0.3) is 0 Å². The number of esters is 2. The van der Waals surface area contributed by atoms with E-state index >= 15 is 0 Å². The van der Waals surface area contributed by atoms with E-state index in [0.29, 0.717) is 11.5 Å². The van der Waals surface area contributed by atoms with Gasteiger partial charge >= 0.3 is 11.9 Å². The highest BCUT2D eigenvalue weighted by atomic mass is 16.5. The Bertz CT molecular complexity index is 902. The molecular formula is C29H36O4. The lowest BCUT2D eigenvalue weighted by Gasteiger charge is -2.24. The third kappa shape index (κ3) is 6.93. The Balaban J connectivity index is 1.22. The molecule has 0 atom stereocenters. The Morgan fingerprint density at radius 2 is 1.06 bits per heavy atom. The van der Waals surface area contributed by atoms with E-state index < -0.39 is 0 Å². The Kier molecular flexibility index (Phi) is 8.20. The van der Waals surface area contributed by atoms with Gasteiger partial charge in [-0.25, -0.2) is 0 Å². The van der Waals surface area contributed by atoms with Crippen molar-refractivity contribution in [2.45, 2.75) is 77.6 Å². The zero-order chi connectivity index (χ0) is 23.0. The van der Waals surface area contributed by atoms with Crippen LogP contribution in [-0.4, -0.2) is 11.9 Å². The van der Waals surface area contributed by atoms with E-state index in [1.54, 1.807) is 0 Å². The number of aryl methyl sites for hydroxylation is 2. The fourth-order valence-corrected chi connectivity index (χ4v) is 4.97. The van der Waals surface area contributed by atoms with Gasteiger partial charge in [0.25, 0.3) is 0 Å². The maximum atomic E-state index is 12.4. The molecule has 2 aliphatic rings. The number of hydrogen-bond acceptors (Lipinski definition) is 4. The van der Waals surface area contributed by atoms with E-state index in [1.165, 1.54) is 17.5 Å². The van der Waals surface area contributed by atoms with Crippen molar-refractivity contribution in [2.24, 2.45) is 17.8 Å². The minimum atomic E-state index is -0.0843. The standard InChI is InChI=1S/C29H36O4/c1-21-7-15-25(16-8-21)29(31)33-27-19-13-23(14-20-27)10-9-22-11-17-26(18-12-22)32-28(30)24-5-3-2-4-6-24/h11-14,17-21,24-25H,2-10,15-16H2,1H3. The Morgan fingerprint density at radius 3 is 1.52 bits per heavy atom. The van der Waals surface area contributed by atoms with Crippen LogP contribution in [0.5, 0.6) is 11.5 Å². The summed E-state index contributed by atoms with van der Waals surface area (Å²) in [5.74, 6) is 1.93. The van der Waals surface area contributed by atoms with Crippen molar-refractivity contribution in [2.75, 3.05) is 0 Å². The normalized spacial score (nSPS) is 21.4. The highest BCUT2D eigenvalue weighted by Crippen LogP contribution is 2.30. The summed E-state index contributed by atoms with van der Waals surface area (Å²) in [6.45, 7) is 2.25. The number of carbonyl (C=O) groups is 2. The largest absolute Gasteiger partial charge is 0.426 e. The van der Waals surface area contributed by atoms with Crippen LogP contribution in [-0.2, 0) is 22.4 Å². The predicted molar refractivity (Wildman–Crippen MR) is 129 cm³/mol. The van der Waals surface area contributed by atoms with Gasteiger partial charge in [-0.15, -0.1) is 0 Å². The van der Waals surface area contributed by atoms with Crippen LogP contribution in [0.4, 0.5) is 0 Å². The number of hydrogen-bond donors (Lipinski definition) is 0. The lowest BCUT2D eigenvalue weighted by Crippen LogP contribution is -2.24. The lowest BCUT2D eigenvalue weighted by molar-refractivity contribution is -0.141. The van der Waals surface area contributed by atoms with E-state index in [2.05, 4.69) is 6.92 Å². The van der Waals surface area contributed by atoms with Crippen molar-refractivity contribution >= 4 is 11.9 Å². The molecule has 4 nitrogen and oxygen atoms in total. The molecule has 4 heteroatoms. The second-order valence-corrected chi connectivity index (χ2v) is 9.92. The van der Waals surface area contributed by atoms with Gasteiger partial charge in [0.05, 0.1) is 11.8 Å². The fourth-order valence-electron chi connectivity index (χ4n) is 4.97. The number of benzene rings is 2. The van der Waals surface area contributed by atoms with Gasteiger partial charge in [0, 0.05) is 0 Å². The van der Waals surface area contributed by atoms with Gasteiger partial charge in [0.1, 0.15) is 11.5 Å². The van der Waals surface area contributed by atoms with E-state index in [1.807, 2.05) is 48.5 Å². The molecule has 0 aliphatic heterocycles. The molecular weight excluding hydrogens is 412 g/mol. The van der Waals surface area contributed by atoms with E-state index in [-0.39, 0.29) is 23.8 Å². The Labute approximate surface area is 197 Å². The smallest absolute Gasteiger partial charge is 0.314 e. The number of ether oxygens (including phenoxy) is 2. The maximum Gasteiger partial charge on any atom is 0.314 e. The molecule has 0 bridgehead atoms. The van der Waals surface area contributed by atoms with Gasteiger partial charge < -0.3 is 9.47 Å². The molecule has 0 aromatic heterocycles. The molecule has 2 fully saturated rings. The molecule has 0 amide bonds. The summed E-state index contributed by atoms with van der Waals surface area (Å²) < 4.78 is 11.2. The van der Waals surface area contributed by atoms with Gasteiger partial charge in [-0.2, -0.15) is 0 Å². The van der Waals surface area contributed by atoms with Gasteiger partial charge in [-0.1, -0.05) is 50.5 Å². The summed E-state index contributed by atoms with van der Waals surface area (Å²) >= 11 is 0. The minimum Gasteiger partial charge on any atom is -0.426 e. The van der Waals surface area contributed by atoms with Crippen molar-refractivity contribution in [1.82, 2.24) is 0 Å². The fraction of sp³-hybridized carbons (Fsp3) is 0.517. The first-order valence-electron chi connectivity index (χ1n) is 12.7. The van der Waals surface area contributed by atoms with Gasteiger partial charge in [-0.3, -0.25) is 9.59 Å². The minimum absolute atomic E-state index is 0.0470. The first-order chi connectivity index (χ1) is 16.1. The third-order valence-corrected chi connectivity index (χ3v) is 7.27. The molecule has 0 heterocycles. The average molecular weight is 449 g/mol. The van der Waals surface area contributed by atoms with Crippen LogP contribution in [0.3, 0.4) is 0 Å². The van der Waals surface area contributed by atoms with Crippen LogP contribution in [0, 0.1) is 17.8 Å². The highest BCUT2D eigenvalue weighted by molar-refractivity contribution is 5.75. The van der Waals surface area contributed by atoms with Crippen molar-refractivity contribution in [3.8, 4) is 11.5 Å². The van der Waals surface area contributed by atoms with E-state index in [4.69, 9.17) is 9.47 Å². The zero-order valence-corrected chi connectivity index (χ0v) is 19.8. The van der Waals surface area contributed by atoms with Crippen LogP contribution >= 0.6 is 0 Å². The Morgan fingerprint density at radius 1 is 0.636 bits per heavy atom. The lowest BCUT2D eigenvalue weighted by atomic mass is 9.83. The molecule has 4 rings (SSSR count). The summed E-state index contributed by atoms with van der Waals surface area (Å²) in [4.78, 5) is 24.7. The van der Waals surface area contributed by atoms with Crippen LogP contribution in [0.1, 0.15) is 75.8 Å². The molecule has 0 saturated heterocycles. The maximum absolute atomic E-state index is 12.4. The molecule has 176 valence electrons. The molecule has 0 unspecified atom stereocenters. The second-order valence-electron chi connectivity index (χ2n) is 9.92. The predicted octanol–water partition coefficient (Wildman–Crippen LogP) is 6.69. The third-order valence-electron chi connectivity index (χ3n) is 7.27. The molecule has 2 aromatic rings. The van der Waals surface area contributed by atoms with Gasteiger partial charge in [-0.05, 0) is 92.7 Å². The summed E-state index contributed by atoms with van der Waals surface area (Å²) in [5, 5.41) is 0. The first-order valence-corrected chi connectivity index (χ1v) is 12.7. The summed E-state index contributed by atoms with van der Waals surface area (Å²) in [5.41, 5.74) is 2.41. The van der Waals surface area contributed by atoms with E-state index in [9.17, 15) is 9.59 Å². The molecule has 0 N–H and O–H groups in total. The molecule has 2 aromatic carbocycles. The number of rotatable bonds is 7. The summed E-state index contributed by atoms with van der Waals surface area (Å²) in [7, 11) is 0. The van der Waals surface area contributed by atoms with Crippen LogP contribution < -0.4 is 9.47 Å². The molecule has 0 spiro atoms. The van der Waals surface area contributed by atoms with Crippen molar-refractivity contribution in [3.05, 3.63) is 59.7 Å². The Hall–Kier alpha value is -2.62. The molecule has 33 heavy (non-hydrogen) atoms. The van der Waals surface area contributed by atoms with Crippen molar-refractivity contribution < 1.29 is 19.1 Å².